The summed E-state index contributed by atoms with van der Waals surface area (Å²) >= 11 is 0. The molecule has 0 fully saturated rings. The lowest BCUT2D eigenvalue weighted by atomic mass is 9.89. The van der Waals surface area contributed by atoms with Crippen LogP contribution in [0.5, 0.6) is 5.75 Å². The predicted octanol–water partition coefficient (Wildman–Crippen LogP) is 4.92. The molecule has 1 aromatic heterocycles. The van der Waals surface area contributed by atoms with E-state index in [1.165, 1.54) is 16.7 Å². The molecule has 1 heterocycles. The monoisotopic (exact) mass is 279 g/mol. The third kappa shape index (κ3) is 2.58. The number of aryl methyl sites for hydroxylation is 1. The maximum atomic E-state index is 5.61. The van der Waals surface area contributed by atoms with Gasteiger partial charge < -0.3 is 4.74 Å². The van der Waals surface area contributed by atoms with Crippen molar-refractivity contribution < 1.29 is 4.74 Å². The fourth-order valence-corrected chi connectivity index (χ4v) is 3.11. The van der Waals surface area contributed by atoms with Gasteiger partial charge in [-0.15, -0.1) is 0 Å². The summed E-state index contributed by atoms with van der Waals surface area (Å²) in [5, 5.41) is 1.16. The zero-order chi connectivity index (χ0) is 15.0. The molecule has 0 spiro atoms. The number of pyridine rings is 1. The van der Waals surface area contributed by atoms with Gasteiger partial charge in [-0.3, -0.25) is 0 Å². The van der Waals surface area contributed by atoms with E-state index in [0.29, 0.717) is 5.92 Å². The number of aromatic nitrogens is 1. The smallest absolute Gasteiger partial charge is 0.145 e. The molecule has 0 radical (unpaired) electrons. The Morgan fingerprint density at radius 1 is 1.24 bits per heavy atom. The number of nitrogens with zero attached hydrogens (tertiary/aromatic N) is 1. The first-order valence-corrected chi connectivity index (χ1v) is 7.42. The minimum absolute atomic E-state index is 0.546. The van der Waals surface area contributed by atoms with Crippen molar-refractivity contribution in [3.05, 3.63) is 53.2 Å². The second-order valence-electron chi connectivity index (χ2n) is 5.94. The summed E-state index contributed by atoms with van der Waals surface area (Å²) in [7, 11) is 1.72. The van der Waals surface area contributed by atoms with E-state index in [1.807, 2.05) is 0 Å². The minimum atomic E-state index is 0.546. The maximum Gasteiger partial charge on any atom is 0.145 e. The van der Waals surface area contributed by atoms with Crippen LogP contribution in [-0.4, -0.2) is 12.1 Å². The van der Waals surface area contributed by atoms with Crippen molar-refractivity contribution >= 4 is 16.5 Å². The van der Waals surface area contributed by atoms with Crippen LogP contribution >= 0.6 is 0 Å². The maximum absolute atomic E-state index is 5.61. The van der Waals surface area contributed by atoms with Gasteiger partial charge in [-0.25, -0.2) is 4.98 Å². The average Bonchev–Trinajstić information content (AvgIpc) is 2.45. The summed E-state index contributed by atoms with van der Waals surface area (Å²) in [5.41, 5.74) is 5.81. The highest BCUT2D eigenvalue weighted by molar-refractivity contribution is 5.87. The van der Waals surface area contributed by atoms with Crippen molar-refractivity contribution in [2.75, 3.05) is 7.11 Å². The predicted molar refractivity (Wildman–Crippen MR) is 88.5 cm³/mol. The first-order valence-electron chi connectivity index (χ1n) is 7.42. The summed E-state index contributed by atoms with van der Waals surface area (Å²) in [5.74, 6) is 1.41. The molecule has 1 aliphatic rings. The Bertz CT molecular complexity index is 755. The molecule has 2 nitrogen and oxygen atoms in total. The highest BCUT2D eigenvalue weighted by Crippen LogP contribution is 2.35. The molecule has 2 aromatic rings. The number of methoxy groups -OCH3 is 1. The van der Waals surface area contributed by atoms with Crippen LogP contribution in [0.2, 0.25) is 0 Å². The van der Waals surface area contributed by atoms with Crippen molar-refractivity contribution in [1.29, 1.82) is 0 Å². The van der Waals surface area contributed by atoms with E-state index < -0.39 is 0 Å². The Balaban J connectivity index is 2.20. The molecule has 2 heteroatoms. The van der Waals surface area contributed by atoms with E-state index >= 15 is 0 Å². The van der Waals surface area contributed by atoms with Gasteiger partial charge in [-0.2, -0.15) is 0 Å². The number of benzene rings is 1. The molecule has 1 aromatic carbocycles. The average molecular weight is 279 g/mol. The van der Waals surface area contributed by atoms with Crippen LogP contribution in [0.25, 0.3) is 16.5 Å². The second-order valence-corrected chi connectivity index (χ2v) is 5.94. The molecule has 0 aliphatic heterocycles. The quantitative estimate of drug-likeness (QED) is 0.778. The molecular weight excluding hydrogens is 258 g/mol. The van der Waals surface area contributed by atoms with Gasteiger partial charge in [-0.05, 0) is 49.5 Å². The van der Waals surface area contributed by atoms with E-state index in [9.17, 15) is 0 Å². The molecule has 21 heavy (non-hydrogen) atoms. The van der Waals surface area contributed by atoms with Gasteiger partial charge in [0.1, 0.15) is 11.4 Å². The van der Waals surface area contributed by atoms with Crippen LogP contribution in [0.3, 0.4) is 0 Å². The van der Waals surface area contributed by atoms with E-state index in [0.717, 1.165) is 28.8 Å². The summed E-state index contributed by atoms with van der Waals surface area (Å²) in [4.78, 5) is 4.88. The van der Waals surface area contributed by atoms with Crippen LogP contribution in [0.4, 0.5) is 0 Å². The van der Waals surface area contributed by atoms with Gasteiger partial charge in [-0.1, -0.05) is 36.8 Å². The van der Waals surface area contributed by atoms with Crippen LogP contribution in [0, 0.1) is 12.8 Å². The zero-order valence-corrected chi connectivity index (χ0v) is 13.1. The van der Waals surface area contributed by atoms with E-state index in [4.69, 9.17) is 9.72 Å². The lowest BCUT2D eigenvalue weighted by Crippen LogP contribution is -2.04. The normalized spacial score (nSPS) is 18.4. The van der Waals surface area contributed by atoms with Crippen molar-refractivity contribution in [1.82, 2.24) is 4.98 Å². The minimum Gasteiger partial charge on any atom is -0.494 e. The summed E-state index contributed by atoms with van der Waals surface area (Å²) in [6.07, 6.45) is 5.55. The topological polar surface area (TPSA) is 22.1 Å². The molecule has 0 saturated carbocycles. The third-order valence-electron chi connectivity index (χ3n) is 4.06. The number of hydrogen-bond donors (Lipinski definition) is 0. The fourth-order valence-electron chi connectivity index (χ4n) is 3.11. The molecule has 1 aliphatic carbocycles. The third-order valence-corrected chi connectivity index (χ3v) is 4.06. The molecule has 0 bridgehead atoms. The molecule has 1 atom stereocenters. The Morgan fingerprint density at radius 3 is 2.76 bits per heavy atom. The van der Waals surface area contributed by atoms with Crippen LogP contribution in [-0.2, 0) is 0 Å². The molecule has 0 saturated heterocycles. The summed E-state index contributed by atoms with van der Waals surface area (Å²) in [6.45, 7) is 6.50. The lowest BCUT2D eigenvalue weighted by molar-refractivity contribution is 0.412. The molecule has 0 amide bonds. The van der Waals surface area contributed by atoms with Crippen LogP contribution < -0.4 is 4.74 Å². The highest BCUT2D eigenvalue weighted by atomic mass is 16.5. The number of ether oxygens (including phenoxy) is 1. The molecule has 108 valence electrons. The van der Waals surface area contributed by atoms with Crippen molar-refractivity contribution in [2.24, 2.45) is 5.92 Å². The Kier molecular flexibility index (Phi) is 3.54. The number of allylic oxidation sites excluding steroid dienone is 4. The van der Waals surface area contributed by atoms with Crippen LogP contribution in [0.15, 0.2) is 42.0 Å². The van der Waals surface area contributed by atoms with Gasteiger partial charge >= 0.3 is 0 Å². The molecular formula is C19H21NO. The number of hydrogen-bond acceptors (Lipinski definition) is 2. The Hall–Kier alpha value is -2.09. The van der Waals surface area contributed by atoms with Gasteiger partial charge in [0.05, 0.1) is 12.6 Å². The Morgan fingerprint density at radius 2 is 2.05 bits per heavy atom. The molecule has 1 unspecified atom stereocenters. The fraction of sp³-hybridized carbons (Fsp3) is 0.316. The zero-order valence-electron chi connectivity index (χ0n) is 13.1. The number of rotatable bonds is 2. The van der Waals surface area contributed by atoms with Crippen molar-refractivity contribution in [2.45, 2.75) is 27.2 Å². The first kappa shape index (κ1) is 13.9. The van der Waals surface area contributed by atoms with Gasteiger partial charge in [0, 0.05) is 5.39 Å². The van der Waals surface area contributed by atoms with Gasteiger partial charge in [0.15, 0.2) is 0 Å². The molecule has 0 N–H and O–H groups in total. The van der Waals surface area contributed by atoms with Crippen LogP contribution in [0.1, 0.15) is 31.5 Å². The summed E-state index contributed by atoms with van der Waals surface area (Å²) in [6, 6.07) is 8.36. The second kappa shape index (κ2) is 5.36. The van der Waals surface area contributed by atoms with Crippen molar-refractivity contribution in [3.8, 4) is 5.75 Å². The van der Waals surface area contributed by atoms with E-state index in [-0.39, 0.29) is 0 Å². The number of fused-ring (bicyclic) bond motifs is 1. The first-order chi connectivity index (χ1) is 10.1. The lowest BCUT2D eigenvalue weighted by Gasteiger charge is -2.19. The van der Waals surface area contributed by atoms with E-state index in [2.05, 4.69) is 57.2 Å². The van der Waals surface area contributed by atoms with Gasteiger partial charge in [0.2, 0.25) is 0 Å². The largest absolute Gasteiger partial charge is 0.494 e. The highest BCUT2D eigenvalue weighted by Gasteiger charge is 2.17. The standard InChI is InChI=1S/C19H21NO/c1-12-8-13(2)10-15(9-12)19-18(21-4)11-16-14(3)6-5-7-17(16)20-19/h5-9,11,13H,10H2,1-4H3. The Labute approximate surface area is 126 Å². The van der Waals surface area contributed by atoms with Crippen molar-refractivity contribution in [3.63, 3.8) is 0 Å². The SMILES string of the molecule is COc1cc2c(C)cccc2nc1C1=CC(C)=CC(C)C1. The van der Waals surface area contributed by atoms with E-state index in [1.54, 1.807) is 7.11 Å². The van der Waals surface area contributed by atoms with Gasteiger partial charge in [0.25, 0.3) is 0 Å². The summed E-state index contributed by atoms with van der Waals surface area (Å²) < 4.78 is 5.61. The molecule has 3 rings (SSSR count).